The molecule has 4 aliphatic heterocycles. The molecule has 85 heavy (non-hydrogen) atoms. The van der Waals surface area contributed by atoms with Crippen LogP contribution in [0.3, 0.4) is 0 Å². The van der Waals surface area contributed by atoms with Crippen molar-refractivity contribution in [2.45, 2.75) is 102 Å². The highest BCUT2D eigenvalue weighted by Crippen LogP contribution is 2.38. The summed E-state index contributed by atoms with van der Waals surface area (Å²) in [4.78, 5) is 33.8. The molecule has 464 valence electrons. The fourth-order valence-electron chi connectivity index (χ4n) is 9.41. The van der Waals surface area contributed by atoms with Crippen LogP contribution in [0.1, 0.15) is 88.6 Å². The Kier molecular flexibility index (Phi) is 22.1. The molecule has 4 aromatic rings. The predicted molar refractivity (Wildman–Crippen MR) is 302 cm³/mol. The highest BCUT2D eigenvalue weighted by atomic mass is 79.9. The number of amidine groups is 2. The van der Waals surface area contributed by atoms with Crippen molar-refractivity contribution in [3.8, 4) is 11.5 Å². The van der Waals surface area contributed by atoms with Crippen LogP contribution in [0.2, 0.25) is 0 Å². The summed E-state index contributed by atoms with van der Waals surface area (Å²) in [5.41, 5.74) is -1.25. The molecule has 2 unspecified atom stereocenters. The number of hydrogen-bond donors (Lipinski definition) is 6. The zero-order valence-corrected chi connectivity index (χ0v) is 49.5. The molecule has 4 heterocycles. The number of amides is 2. The molecule has 4 aliphatic rings. The number of benzene rings is 4. The van der Waals surface area contributed by atoms with E-state index >= 15 is 0 Å². The van der Waals surface area contributed by atoms with E-state index in [1.54, 1.807) is 26.0 Å². The van der Waals surface area contributed by atoms with Crippen molar-refractivity contribution in [3.63, 3.8) is 0 Å². The second kappa shape index (κ2) is 27.7. The van der Waals surface area contributed by atoms with E-state index in [2.05, 4.69) is 43.1 Å². The maximum absolute atomic E-state index is 13.7. The largest absolute Gasteiger partial charge is 0.493 e. The molecule has 0 aromatic heterocycles. The summed E-state index contributed by atoms with van der Waals surface area (Å²) in [6, 6.07) is 12.1. The molecular formula is C56H63BrF8N6O12S2. The highest BCUT2D eigenvalue weighted by Gasteiger charge is 2.49. The van der Waals surface area contributed by atoms with Crippen LogP contribution >= 0.6 is 15.9 Å². The Balaban J connectivity index is 0.000000229. The topological polar surface area (TPSA) is 257 Å². The Bertz CT molecular complexity index is 3410. The zero-order valence-electron chi connectivity index (χ0n) is 46.3. The van der Waals surface area contributed by atoms with E-state index in [0.29, 0.717) is 48.6 Å². The molecule has 2 amide bonds. The van der Waals surface area contributed by atoms with Crippen molar-refractivity contribution in [2.24, 2.45) is 9.98 Å². The number of piperidine rings is 2. The predicted octanol–water partition coefficient (Wildman–Crippen LogP) is 7.51. The monoisotopic (exact) mass is 1310 g/mol. The van der Waals surface area contributed by atoms with E-state index in [1.165, 1.54) is 10.4 Å². The van der Waals surface area contributed by atoms with Gasteiger partial charge in [-0.25, -0.2) is 25.6 Å². The first-order chi connectivity index (χ1) is 39.7. The first kappa shape index (κ1) is 67.9. The van der Waals surface area contributed by atoms with Crippen molar-refractivity contribution >= 4 is 65.5 Å². The number of rotatable bonds is 17. The quantitative estimate of drug-likeness (QED) is 0.0562. The normalized spacial score (nSPS) is 17.9. The van der Waals surface area contributed by atoms with E-state index in [1.807, 2.05) is 26.0 Å². The summed E-state index contributed by atoms with van der Waals surface area (Å²) in [7, 11) is -7.51. The molecule has 2 saturated heterocycles. The molecule has 0 saturated carbocycles. The molecule has 4 aromatic carbocycles. The van der Waals surface area contributed by atoms with Crippen LogP contribution in [0.25, 0.3) is 6.08 Å². The average molecular weight is 1310 g/mol. The Labute approximate surface area is 494 Å². The summed E-state index contributed by atoms with van der Waals surface area (Å²) in [5.74, 6) is -2.82. The molecule has 0 aliphatic carbocycles. The SMILES string of the molecule is C=CS(=O)(=O)N1CCC2(CC1)N=C(c1ccc(F)c(C(F)(F)F)c1)NC2=O.Cc1cc(OCCC(O)CO)cc(C)c1/C=C/S(=O)(=O)N1CCC2(CC1)N=C(c1ccc(F)c(C(F)(F)F)c1)NC2=O.Cc1cc(OCCC(O)CO)cc(C)c1Br. The summed E-state index contributed by atoms with van der Waals surface area (Å²) in [6.07, 6.45) is -9.04. The Morgan fingerprint density at radius 2 is 1.01 bits per heavy atom. The molecular weight excluding hydrogens is 1240 g/mol. The fourth-order valence-corrected chi connectivity index (χ4v) is 11.7. The van der Waals surface area contributed by atoms with E-state index in [-0.39, 0.29) is 101 Å². The number of hydrogen-bond acceptors (Lipinski definition) is 14. The number of carbonyl (C=O) groups is 2. The van der Waals surface area contributed by atoms with E-state index in [9.17, 15) is 66.7 Å². The maximum atomic E-state index is 13.7. The molecule has 2 fully saturated rings. The number of aryl methyl sites for hydroxylation is 4. The van der Waals surface area contributed by atoms with Crippen LogP contribution in [0.4, 0.5) is 35.1 Å². The summed E-state index contributed by atoms with van der Waals surface area (Å²) < 4.78 is 170. The number of aliphatic hydroxyl groups is 4. The van der Waals surface area contributed by atoms with E-state index in [0.717, 1.165) is 59.7 Å². The highest BCUT2D eigenvalue weighted by molar-refractivity contribution is 9.10. The van der Waals surface area contributed by atoms with Crippen molar-refractivity contribution in [2.75, 3.05) is 52.6 Å². The number of ether oxygens (including phenoxy) is 2. The van der Waals surface area contributed by atoms with Gasteiger partial charge in [0.05, 0.1) is 49.8 Å². The maximum Gasteiger partial charge on any atom is 0.419 e. The third kappa shape index (κ3) is 16.9. The minimum atomic E-state index is -4.92. The van der Waals surface area contributed by atoms with Crippen LogP contribution < -0.4 is 20.1 Å². The van der Waals surface area contributed by atoms with Gasteiger partial charge < -0.3 is 40.5 Å². The number of sulfonamides is 2. The molecule has 8 rings (SSSR count). The van der Waals surface area contributed by atoms with Crippen molar-refractivity contribution in [3.05, 3.63) is 144 Å². The van der Waals surface area contributed by atoms with Gasteiger partial charge in [0.2, 0.25) is 20.0 Å². The first-order valence-corrected chi connectivity index (χ1v) is 30.1. The van der Waals surface area contributed by atoms with Gasteiger partial charge in [-0.05, 0) is 148 Å². The van der Waals surface area contributed by atoms with Gasteiger partial charge in [0.1, 0.15) is 45.9 Å². The second-order valence-electron chi connectivity index (χ2n) is 20.4. The van der Waals surface area contributed by atoms with Gasteiger partial charge in [0.25, 0.3) is 11.8 Å². The smallest absolute Gasteiger partial charge is 0.419 e. The molecule has 18 nitrogen and oxygen atoms in total. The van der Waals surface area contributed by atoms with Gasteiger partial charge in [-0.3, -0.25) is 19.6 Å². The van der Waals surface area contributed by atoms with Gasteiger partial charge in [-0.2, -0.15) is 35.0 Å². The van der Waals surface area contributed by atoms with Gasteiger partial charge >= 0.3 is 12.4 Å². The molecule has 0 bridgehead atoms. The van der Waals surface area contributed by atoms with Crippen molar-refractivity contribution in [1.29, 1.82) is 0 Å². The molecule has 0 radical (unpaired) electrons. The van der Waals surface area contributed by atoms with Gasteiger partial charge in [0, 0.05) is 65.4 Å². The number of aliphatic imine (C=N–C) groups is 2. The van der Waals surface area contributed by atoms with Crippen LogP contribution in [0, 0.1) is 39.3 Å². The molecule has 6 N–H and O–H groups in total. The first-order valence-electron chi connectivity index (χ1n) is 26.3. The number of carbonyl (C=O) groups excluding carboxylic acids is 2. The van der Waals surface area contributed by atoms with Gasteiger partial charge in [-0.15, -0.1) is 0 Å². The van der Waals surface area contributed by atoms with Gasteiger partial charge in [0.15, 0.2) is 0 Å². The average Bonchev–Trinajstić information content (AvgIpc) is 3.77. The van der Waals surface area contributed by atoms with Gasteiger partial charge in [-0.1, -0.05) is 22.5 Å². The lowest BCUT2D eigenvalue weighted by Gasteiger charge is -2.34. The molecule has 2 atom stereocenters. The molecule has 29 heteroatoms. The number of alkyl halides is 6. The number of halogens is 9. The van der Waals surface area contributed by atoms with E-state index in [4.69, 9.17) is 24.8 Å². The lowest BCUT2D eigenvalue weighted by Crippen LogP contribution is -2.50. The van der Waals surface area contributed by atoms with Crippen LogP contribution in [0.5, 0.6) is 11.5 Å². The third-order valence-electron chi connectivity index (χ3n) is 14.3. The minimum Gasteiger partial charge on any atom is -0.493 e. The summed E-state index contributed by atoms with van der Waals surface area (Å²) >= 11 is 3.49. The molecule has 2 spiro atoms. The Hall–Kier alpha value is -6.18. The Morgan fingerprint density at radius 3 is 1.36 bits per heavy atom. The zero-order chi connectivity index (χ0) is 63.0. The fraction of sp³-hybridized carbons (Fsp3) is 0.429. The summed E-state index contributed by atoms with van der Waals surface area (Å²) in [6.45, 7) is 10.8. The van der Waals surface area contributed by atoms with Crippen molar-refractivity contribution in [1.82, 2.24) is 19.2 Å². The lowest BCUT2D eigenvalue weighted by atomic mass is 9.89. The number of nitrogens with one attached hydrogen (secondary N) is 2. The van der Waals surface area contributed by atoms with Crippen LogP contribution in [-0.4, -0.2) is 145 Å². The number of nitrogens with zero attached hydrogens (tertiary/aromatic N) is 4. The Morgan fingerprint density at radius 1 is 0.647 bits per heavy atom. The number of aliphatic hydroxyl groups excluding tert-OH is 4. The standard InChI is InChI=1S/C28H31F4N3O6S.C16H15F4N3O3S.C12H17BrO3/c1-17-13-21(41-11-5-20(37)16-36)14-18(2)22(17)6-12-42(39,40)35-9-7-27(8-10-35)26(38)33-25(34-27)19-3-4-24(29)23(15-19)28(30,31)32;1-2-27(25,26)23-7-5-15(6-8-23)14(24)21-13(22-15)10-3-4-12(17)11(9-10)16(18,19)20;1-8-5-11(6-9(2)12(8)13)16-4-3-10(15)7-14/h3-4,6,12-15,20,36-37H,5,7-11,16H2,1-2H3,(H,33,34,38);2-4,9H,1,5-8H2,(H,21,22,24);5-6,10,14-15H,3-4,7H2,1-2H3/b12-6+;;. The third-order valence-corrected chi connectivity index (χ3v) is 18.6. The van der Waals surface area contributed by atoms with Crippen LogP contribution in [0.15, 0.2) is 92.5 Å². The lowest BCUT2D eigenvalue weighted by molar-refractivity contribution is -0.140. The van der Waals surface area contributed by atoms with Crippen LogP contribution in [-0.2, 0) is 42.0 Å². The minimum absolute atomic E-state index is 0.0117. The van der Waals surface area contributed by atoms with Crippen molar-refractivity contribution < 1.29 is 91.4 Å². The second-order valence-corrected chi connectivity index (χ2v) is 24.9. The van der Waals surface area contributed by atoms with E-state index < -0.39 is 90.3 Å². The summed E-state index contributed by atoms with van der Waals surface area (Å²) in [5, 5.41) is 42.9.